The van der Waals surface area contributed by atoms with Gasteiger partial charge in [0.25, 0.3) is 0 Å². The molecule has 2 unspecified atom stereocenters. The third-order valence-corrected chi connectivity index (χ3v) is 4.13. The highest BCUT2D eigenvalue weighted by Gasteiger charge is 2.24. The molecule has 0 bridgehead atoms. The first-order chi connectivity index (χ1) is 9.11. The Hall–Kier alpha value is -0.900. The second-order valence-electron chi connectivity index (χ2n) is 6.11. The molecule has 0 radical (unpaired) electrons. The zero-order valence-electron chi connectivity index (χ0n) is 11.9. The SMILES string of the molecule is CC(N)(CO)CCCN1CCC(c2ccccc2)C1. The Labute approximate surface area is 116 Å². The molecule has 2 rings (SSSR count). The summed E-state index contributed by atoms with van der Waals surface area (Å²) in [6, 6.07) is 10.8. The molecule has 0 aliphatic carbocycles. The van der Waals surface area contributed by atoms with Gasteiger partial charge in [-0.1, -0.05) is 30.3 Å². The second kappa shape index (κ2) is 6.51. The number of aliphatic hydroxyl groups excluding tert-OH is 1. The van der Waals surface area contributed by atoms with Gasteiger partial charge in [0, 0.05) is 12.1 Å². The van der Waals surface area contributed by atoms with E-state index in [4.69, 9.17) is 10.8 Å². The topological polar surface area (TPSA) is 49.5 Å². The predicted molar refractivity (Wildman–Crippen MR) is 79.2 cm³/mol. The molecule has 3 heteroatoms. The normalized spacial score (nSPS) is 23.4. The van der Waals surface area contributed by atoms with E-state index in [1.807, 2.05) is 6.92 Å². The minimum Gasteiger partial charge on any atom is -0.394 e. The van der Waals surface area contributed by atoms with Gasteiger partial charge in [-0.3, -0.25) is 0 Å². The van der Waals surface area contributed by atoms with Crippen molar-refractivity contribution in [2.75, 3.05) is 26.2 Å². The number of rotatable bonds is 6. The molecule has 19 heavy (non-hydrogen) atoms. The van der Waals surface area contributed by atoms with E-state index < -0.39 is 5.54 Å². The van der Waals surface area contributed by atoms with Crippen LogP contribution in [0.5, 0.6) is 0 Å². The number of hydrogen-bond donors (Lipinski definition) is 2. The summed E-state index contributed by atoms with van der Waals surface area (Å²) in [6.07, 6.45) is 3.20. The van der Waals surface area contributed by atoms with Gasteiger partial charge in [-0.2, -0.15) is 0 Å². The van der Waals surface area contributed by atoms with Crippen LogP contribution in [-0.4, -0.2) is 41.8 Å². The van der Waals surface area contributed by atoms with E-state index in [1.165, 1.54) is 18.5 Å². The molecular weight excluding hydrogens is 236 g/mol. The van der Waals surface area contributed by atoms with E-state index in [9.17, 15) is 0 Å². The zero-order chi connectivity index (χ0) is 13.7. The smallest absolute Gasteiger partial charge is 0.0608 e. The number of benzene rings is 1. The number of hydrogen-bond acceptors (Lipinski definition) is 3. The summed E-state index contributed by atoms with van der Waals surface area (Å²) >= 11 is 0. The summed E-state index contributed by atoms with van der Waals surface area (Å²) in [5, 5.41) is 9.14. The fourth-order valence-corrected chi connectivity index (χ4v) is 2.82. The van der Waals surface area contributed by atoms with Gasteiger partial charge in [0.15, 0.2) is 0 Å². The van der Waals surface area contributed by atoms with Crippen molar-refractivity contribution in [3.8, 4) is 0 Å². The highest BCUT2D eigenvalue weighted by molar-refractivity contribution is 5.20. The van der Waals surface area contributed by atoms with Gasteiger partial charge >= 0.3 is 0 Å². The molecule has 0 amide bonds. The van der Waals surface area contributed by atoms with Gasteiger partial charge in [0.05, 0.1) is 6.61 Å². The van der Waals surface area contributed by atoms with Crippen LogP contribution in [0, 0.1) is 0 Å². The lowest BCUT2D eigenvalue weighted by Gasteiger charge is -2.23. The van der Waals surface area contributed by atoms with Crippen molar-refractivity contribution in [2.24, 2.45) is 5.73 Å². The summed E-state index contributed by atoms with van der Waals surface area (Å²) in [7, 11) is 0. The van der Waals surface area contributed by atoms with Gasteiger partial charge in [-0.15, -0.1) is 0 Å². The molecule has 0 spiro atoms. The molecule has 106 valence electrons. The van der Waals surface area contributed by atoms with Crippen LogP contribution in [0.3, 0.4) is 0 Å². The van der Waals surface area contributed by atoms with Crippen LogP contribution in [-0.2, 0) is 0 Å². The average molecular weight is 262 g/mol. The lowest BCUT2D eigenvalue weighted by molar-refractivity contribution is 0.192. The third kappa shape index (κ3) is 4.30. The first kappa shape index (κ1) is 14.5. The minimum atomic E-state index is -0.418. The first-order valence-corrected chi connectivity index (χ1v) is 7.28. The maximum Gasteiger partial charge on any atom is 0.0608 e. The summed E-state index contributed by atoms with van der Waals surface area (Å²) in [5.41, 5.74) is 6.99. The number of nitrogens with two attached hydrogens (primary N) is 1. The standard InChI is InChI=1S/C16H26N2O/c1-16(17,13-19)9-5-10-18-11-8-15(12-18)14-6-3-2-4-7-14/h2-4,6-7,15,19H,5,8-13,17H2,1H3. The van der Waals surface area contributed by atoms with Crippen molar-refractivity contribution in [1.29, 1.82) is 0 Å². The molecule has 1 aliphatic rings. The molecule has 3 nitrogen and oxygen atoms in total. The number of aliphatic hydroxyl groups is 1. The fourth-order valence-electron chi connectivity index (χ4n) is 2.82. The van der Waals surface area contributed by atoms with Crippen molar-refractivity contribution in [1.82, 2.24) is 4.90 Å². The van der Waals surface area contributed by atoms with Crippen LogP contribution in [0.4, 0.5) is 0 Å². The Bertz CT molecular complexity index is 378. The average Bonchev–Trinajstić information content (AvgIpc) is 2.88. The lowest BCUT2D eigenvalue weighted by atomic mass is 9.98. The van der Waals surface area contributed by atoms with Gasteiger partial charge in [0.1, 0.15) is 0 Å². The maximum absolute atomic E-state index is 9.14. The number of likely N-dealkylation sites (tertiary alicyclic amines) is 1. The van der Waals surface area contributed by atoms with Crippen molar-refractivity contribution in [3.05, 3.63) is 35.9 Å². The Morgan fingerprint density at radius 1 is 1.37 bits per heavy atom. The van der Waals surface area contributed by atoms with Crippen molar-refractivity contribution >= 4 is 0 Å². The quantitative estimate of drug-likeness (QED) is 0.824. The van der Waals surface area contributed by atoms with E-state index in [0.29, 0.717) is 5.92 Å². The molecule has 3 N–H and O–H groups in total. The van der Waals surface area contributed by atoms with E-state index >= 15 is 0 Å². The molecule has 1 saturated heterocycles. The van der Waals surface area contributed by atoms with Crippen molar-refractivity contribution in [2.45, 2.75) is 37.6 Å². The second-order valence-corrected chi connectivity index (χ2v) is 6.11. The summed E-state index contributed by atoms with van der Waals surface area (Å²) in [4.78, 5) is 2.52. The number of nitrogens with zero attached hydrogens (tertiary/aromatic N) is 1. The van der Waals surface area contributed by atoms with E-state index in [2.05, 4.69) is 35.2 Å². The summed E-state index contributed by atoms with van der Waals surface area (Å²) < 4.78 is 0. The molecule has 0 saturated carbocycles. The third-order valence-electron chi connectivity index (χ3n) is 4.13. The fraction of sp³-hybridized carbons (Fsp3) is 0.625. The van der Waals surface area contributed by atoms with Gasteiger partial charge < -0.3 is 15.7 Å². The molecule has 1 aliphatic heterocycles. The van der Waals surface area contributed by atoms with E-state index in [0.717, 1.165) is 25.9 Å². The van der Waals surface area contributed by atoms with E-state index in [1.54, 1.807) is 0 Å². The molecule has 1 aromatic rings. The molecule has 1 fully saturated rings. The lowest BCUT2D eigenvalue weighted by Crippen LogP contribution is -2.40. The van der Waals surface area contributed by atoms with Gasteiger partial charge in [-0.05, 0) is 50.8 Å². The summed E-state index contributed by atoms with van der Waals surface area (Å²) in [6.45, 7) is 5.42. The van der Waals surface area contributed by atoms with Crippen molar-refractivity contribution < 1.29 is 5.11 Å². The zero-order valence-corrected chi connectivity index (χ0v) is 11.9. The van der Waals surface area contributed by atoms with E-state index in [-0.39, 0.29) is 6.61 Å². The van der Waals surface area contributed by atoms with Crippen LogP contribution in [0.25, 0.3) is 0 Å². The van der Waals surface area contributed by atoms with Gasteiger partial charge in [-0.25, -0.2) is 0 Å². The highest BCUT2D eigenvalue weighted by Crippen LogP contribution is 2.27. The van der Waals surface area contributed by atoms with Crippen LogP contribution < -0.4 is 5.73 Å². The summed E-state index contributed by atoms with van der Waals surface area (Å²) in [5.74, 6) is 0.684. The Morgan fingerprint density at radius 2 is 2.11 bits per heavy atom. The van der Waals surface area contributed by atoms with Crippen molar-refractivity contribution in [3.63, 3.8) is 0 Å². The molecule has 2 atom stereocenters. The molecular formula is C16H26N2O. The Morgan fingerprint density at radius 3 is 2.79 bits per heavy atom. The maximum atomic E-state index is 9.14. The first-order valence-electron chi connectivity index (χ1n) is 7.28. The van der Waals surface area contributed by atoms with Crippen LogP contribution >= 0.6 is 0 Å². The minimum absolute atomic E-state index is 0.0691. The highest BCUT2D eigenvalue weighted by atomic mass is 16.3. The van der Waals surface area contributed by atoms with Crippen LogP contribution in [0.2, 0.25) is 0 Å². The van der Waals surface area contributed by atoms with Gasteiger partial charge in [0.2, 0.25) is 0 Å². The Kier molecular flexibility index (Phi) is 4.97. The van der Waals surface area contributed by atoms with Crippen LogP contribution in [0.15, 0.2) is 30.3 Å². The largest absolute Gasteiger partial charge is 0.394 e. The predicted octanol–water partition coefficient (Wildman–Crippen LogP) is 1.97. The monoisotopic (exact) mass is 262 g/mol. The molecule has 0 aromatic heterocycles. The molecule has 1 heterocycles. The molecule has 1 aromatic carbocycles. The Balaban J connectivity index is 1.74. The van der Waals surface area contributed by atoms with Crippen LogP contribution in [0.1, 0.15) is 37.7 Å².